The number of aromatic nitrogens is 2. The number of nitrogens with zero attached hydrogens (tertiary/aromatic N) is 3. The molecule has 1 atom stereocenters. The van der Waals surface area contributed by atoms with Crippen molar-refractivity contribution in [1.82, 2.24) is 14.9 Å². The summed E-state index contributed by atoms with van der Waals surface area (Å²) < 4.78 is 14.1. The van der Waals surface area contributed by atoms with Gasteiger partial charge in [0, 0.05) is 24.5 Å². The Morgan fingerprint density at radius 3 is 2.71 bits per heavy atom. The third kappa shape index (κ3) is 3.36. The van der Waals surface area contributed by atoms with Crippen LogP contribution in [0.15, 0.2) is 42.9 Å². The van der Waals surface area contributed by atoms with Crippen molar-refractivity contribution in [2.45, 2.75) is 18.9 Å². The SMILES string of the molecule is Fc1ccccc1C(CNc1cnccn1)N1CCCC1. The number of halogens is 1. The lowest BCUT2D eigenvalue weighted by molar-refractivity contribution is 0.250. The molecule has 1 aromatic heterocycles. The first-order valence-electron chi connectivity index (χ1n) is 7.33. The monoisotopic (exact) mass is 286 g/mol. The molecule has 1 unspecified atom stereocenters. The van der Waals surface area contributed by atoms with E-state index in [4.69, 9.17) is 0 Å². The molecule has 1 aliphatic rings. The Bertz CT molecular complexity index is 569. The highest BCUT2D eigenvalue weighted by molar-refractivity contribution is 5.32. The second-order valence-electron chi connectivity index (χ2n) is 5.25. The van der Waals surface area contributed by atoms with Crippen LogP contribution in [0.5, 0.6) is 0 Å². The number of hydrogen-bond donors (Lipinski definition) is 1. The van der Waals surface area contributed by atoms with Crippen molar-refractivity contribution in [3.05, 3.63) is 54.2 Å². The molecule has 1 fully saturated rings. The van der Waals surface area contributed by atoms with Crippen LogP contribution >= 0.6 is 0 Å². The van der Waals surface area contributed by atoms with Gasteiger partial charge in [-0.1, -0.05) is 18.2 Å². The van der Waals surface area contributed by atoms with Crippen LogP contribution in [0.1, 0.15) is 24.4 Å². The van der Waals surface area contributed by atoms with Crippen molar-refractivity contribution in [3.8, 4) is 0 Å². The van der Waals surface area contributed by atoms with E-state index in [2.05, 4.69) is 20.2 Å². The molecule has 0 amide bonds. The highest BCUT2D eigenvalue weighted by Gasteiger charge is 2.25. The summed E-state index contributed by atoms with van der Waals surface area (Å²) in [5.74, 6) is 0.577. The second-order valence-corrected chi connectivity index (χ2v) is 5.25. The Morgan fingerprint density at radius 1 is 1.19 bits per heavy atom. The van der Waals surface area contributed by atoms with Crippen molar-refractivity contribution in [3.63, 3.8) is 0 Å². The predicted molar refractivity (Wildman–Crippen MR) is 80.5 cm³/mol. The van der Waals surface area contributed by atoms with Gasteiger partial charge in [-0.2, -0.15) is 0 Å². The molecule has 1 aliphatic heterocycles. The first kappa shape index (κ1) is 13.9. The van der Waals surface area contributed by atoms with Gasteiger partial charge >= 0.3 is 0 Å². The number of rotatable bonds is 5. The minimum atomic E-state index is -0.143. The molecule has 3 rings (SSSR count). The van der Waals surface area contributed by atoms with E-state index in [1.54, 1.807) is 24.7 Å². The minimum Gasteiger partial charge on any atom is -0.367 e. The first-order chi connectivity index (χ1) is 10.3. The third-order valence-electron chi connectivity index (χ3n) is 3.89. The maximum atomic E-state index is 14.1. The van der Waals surface area contributed by atoms with Crippen molar-refractivity contribution >= 4 is 5.82 Å². The predicted octanol–water partition coefficient (Wildman–Crippen LogP) is 2.86. The van der Waals surface area contributed by atoms with Gasteiger partial charge in [0.25, 0.3) is 0 Å². The summed E-state index contributed by atoms with van der Waals surface area (Å²) in [7, 11) is 0. The van der Waals surface area contributed by atoms with E-state index < -0.39 is 0 Å². The smallest absolute Gasteiger partial charge is 0.144 e. The van der Waals surface area contributed by atoms with Gasteiger partial charge in [0.05, 0.1) is 12.2 Å². The maximum Gasteiger partial charge on any atom is 0.144 e. The van der Waals surface area contributed by atoms with Crippen molar-refractivity contribution < 1.29 is 4.39 Å². The lowest BCUT2D eigenvalue weighted by Gasteiger charge is -2.28. The lowest BCUT2D eigenvalue weighted by Crippen LogP contribution is -2.31. The molecular weight excluding hydrogens is 267 g/mol. The van der Waals surface area contributed by atoms with E-state index in [-0.39, 0.29) is 11.9 Å². The van der Waals surface area contributed by atoms with Crippen LogP contribution in [0.4, 0.5) is 10.2 Å². The minimum absolute atomic E-state index is 0.0238. The fraction of sp³-hybridized carbons (Fsp3) is 0.375. The molecule has 110 valence electrons. The lowest BCUT2D eigenvalue weighted by atomic mass is 10.0. The Balaban J connectivity index is 1.78. The van der Waals surface area contributed by atoms with Crippen LogP contribution in [0, 0.1) is 5.82 Å². The second kappa shape index (κ2) is 6.63. The summed E-state index contributed by atoms with van der Waals surface area (Å²) in [6.07, 6.45) is 7.32. The van der Waals surface area contributed by atoms with E-state index in [0.29, 0.717) is 6.54 Å². The standard InChI is InChI=1S/C16H19FN4/c17-14-6-2-1-5-13(14)15(21-9-3-4-10-21)11-20-16-12-18-7-8-19-16/h1-2,5-8,12,15H,3-4,9-11H2,(H,19,20). The van der Waals surface area contributed by atoms with Crippen LogP contribution in [-0.4, -0.2) is 34.5 Å². The molecule has 2 aromatic rings. The van der Waals surface area contributed by atoms with Gasteiger partial charge in [-0.3, -0.25) is 9.88 Å². The zero-order valence-electron chi connectivity index (χ0n) is 11.9. The molecule has 0 spiro atoms. The van der Waals surface area contributed by atoms with E-state index in [0.717, 1.165) is 24.5 Å². The Hall–Kier alpha value is -2.01. The van der Waals surface area contributed by atoms with E-state index >= 15 is 0 Å². The van der Waals surface area contributed by atoms with Crippen molar-refractivity contribution in [2.24, 2.45) is 0 Å². The summed E-state index contributed by atoms with van der Waals surface area (Å²) in [6.45, 7) is 2.65. The molecule has 2 heterocycles. The number of benzene rings is 1. The topological polar surface area (TPSA) is 41.1 Å². The van der Waals surface area contributed by atoms with E-state index in [1.165, 1.54) is 18.9 Å². The zero-order valence-corrected chi connectivity index (χ0v) is 11.9. The summed E-state index contributed by atoms with van der Waals surface area (Å²) in [5.41, 5.74) is 0.746. The average molecular weight is 286 g/mol. The molecule has 0 radical (unpaired) electrons. The average Bonchev–Trinajstić information content (AvgIpc) is 3.04. The third-order valence-corrected chi connectivity index (χ3v) is 3.89. The molecule has 1 saturated heterocycles. The van der Waals surface area contributed by atoms with Gasteiger partial charge < -0.3 is 5.32 Å². The van der Waals surface area contributed by atoms with Gasteiger partial charge in [0.15, 0.2) is 0 Å². The van der Waals surface area contributed by atoms with Crippen LogP contribution in [0.2, 0.25) is 0 Å². The fourth-order valence-corrected chi connectivity index (χ4v) is 2.83. The Labute approximate surface area is 124 Å². The molecule has 0 bridgehead atoms. The summed E-state index contributed by atoms with van der Waals surface area (Å²) in [6, 6.07) is 7.05. The molecule has 1 aromatic carbocycles. The summed E-state index contributed by atoms with van der Waals surface area (Å²) in [4.78, 5) is 10.6. The Kier molecular flexibility index (Phi) is 4.40. The number of likely N-dealkylation sites (tertiary alicyclic amines) is 1. The first-order valence-corrected chi connectivity index (χ1v) is 7.33. The molecule has 21 heavy (non-hydrogen) atoms. The quantitative estimate of drug-likeness (QED) is 0.917. The highest BCUT2D eigenvalue weighted by atomic mass is 19.1. The molecule has 0 aliphatic carbocycles. The summed E-state index contributed by atoms with van der Waals surface area (Å²) >= 11 is 0. The van der Waals surface area contributed by atoms with Crippen molar-refractivity contribution in [2.75, 3.05) is 25.0 Å². The van der Waals surface area contributed by atoms with Crippen LogP contribution in [0.25, 0.3) is 0 Å². The van der Waals surface area contributed by atoms with Crippen LogP contribution in [-0.2, 0) is 0 Å². The molecule has 1 N–H and O–H groups in total. The van der Waals surface area contributed by atoms with Gasteiger partial charge in [-0.05, 0) is 32.0 Å². The molecule has 0 saturated carbocycles. The van der Waals surface area contributed by atoms with Crippen LogP contribution in [0.3, 0.4) is 0 Å². The van der Waals surface area contributed by atoms with Gasteiger partial charge in [0.1, 0.15) is 11.6 Å². The zero-order chi connectivity index (χ0) is 14.5. The maximum absolute atomic E-state index is 14.1. The largest absolute Gasteiger partial charge is 0.367 e. The number of hydrogen-bond acceptors (Lipinski definition) is 4. The van der Waals surface area contributed by atoms with Crippen molar-refractivity contribution in [1.29, 1.82) is 0 Å². The van der Waals surface area contributed by atoms with Gasteiger partial charge in [-0.15, -0.1) is 0 Å². The van der Waals surface area contributed by atoms with E-state index in [9.17, 15) is 4.39 Å². The summed E-state index contributed by atoms with van der Waals surface area (Å²) in [5, 5.41) is 3.27. The highest BCUT2D eigenvalue weighted by Crippen LogP contribution is 2.27. The van der Waals surface area contributed by atoms with E-state index in [1.807, 2.05) is 12.1 Å². The number of nitrogens with one attached hydrogen (secondary N) is 1. The normalized spacial score (nSPS) is 16.8. The molecule has 5 heteroatoms. The van der Waals surface area contributed by atoms with Gasteiger partial charge in [0.2, 0.25) is 0 Å². The van der Waals surface area contributed by atoms with Gasteiger partial charge in [-0.25, -0.2) is 9.37 Å². The number of anilines is 1. The van der Waals surface area contributed by atoms with Crippen LogP contribution < -0.4 is 5.32 Å². The Morgan fingerprint density at radius 2 is 2.00 bits per heavy atom. The molecular formula is C16H19FN4. The fourth-order valence-electron chi connectivity index (χ4n) is 2.83. The molecule has 4 nitrogen and oxygen atoms in total.